The van der Waals surface area contributed by atoms with Gasteiger partial charge >= 0.3 is 0 Å². The Morgan fingerprint density at radius 1 is 0.780 bits per heavy atom. The van der Waals surface area contributed by atoms with Crippen molar-refractivity contribution in [3.8, 4) is 23.1 Å². The Morgan fingerprint density at radius 3 is 2.12 bits per heavy atom. The number of amides is 2. The minimum absolute atomic E-state index is 0.00173. The Labute approximate surface area is 249 Å². The van der Waals surface area contributed by atoms with Gasteiger partial charge in [0, 0.05) is 22.5 Å². The Morgan fingerprint density at radius 2 is 1.39 bits per heavy atom. The number of ether oxygens (including phenoxy) is 2. The van der Waals surface area contributed by atoms with E-state index in [2.05, 4.69) is 21.2 Å². The summed E-state index contributed by atoms with van der Waals surface area (Å²) >= 11 is 8.85. The molecule has 0 unspecified atom stereocenters. The molecule has 0 atom stereocenters. The van der Waals surface area contributed by atoms with Crippen LogP contribution in [-0.2, 0) is 16.6 Å². The quantitative estimate of drug-likeness (QED) is 0.122. The molecule has 1 fully saturated rings. The summed E-state index contributed by atoms with van der Waals surface area (Å²) in [5.41, 5.74) is 1.91. The summed E-state index contributed by atoms with van der Waals surface area (Å²) in [6, 6.07) is 31.4. The van der Waals surface area contributed by atoms with Gasteiger partial charge in [-0.15, -0.1) is 0 Å². The van der Waals surface area contributed by atoms with Crippen molar-refractivity contribution in [3.05, 3.63) is 119 Å². The minimum Gasteiger partial charge on any atom is -0.457 e. The van der Waals surface area contributed by atoms with E-state index in [0.717, 1.165) is 15.4 Å². The summed E-state index contributed by atoms with van der Waals surface area (Å²) in [6.45, 7) is 0. The molecule has 2 amide bonds. The highest BCUT2D eigenvalue weighted by Gasteiger charge is 2.35. The van der Waals surface area contributed by atoms with Crippen molar-refractivity contribution in [2.45, 2.75) is 0 Å². The standard InChI is InChI=1S/C32H22BrN3O4S/c1-35-28-10-6-5-9-25(28)26(31(35)40-24-15-11-20(33)12-16-24)19-27-29(37)34-32(41)36(30(27)38)21-13-17-23(18-14-21)39-22-7-3-2-4-8-22/h2-19H,1H3,(H,34,37,41)/b27-19+. The van der Waals surface area contributed by atoms with Crippen molar-refractivity contribution in [2.24, 2.45) is 7.05 Å². The van der Waals surface area contributed by atoms with Crippen molar-refractivity contribution < 1.29 is 19.1 Å². The van der Waals surface area contributed by atoms with E-state index in [1.54, 1.807) is 30.3 Å². The molecule has 6 rings (SSSR count). The van der Waals surface area contributed by atoms with E-state index in [1.165, 1.54) is 4.90 Å². The van der Waals surface area contributed by atoms with E-state index in [4.69, 9.17) is 21.7 Å². The lowest BCUT2D eigenvalue weighted by Crippen LogP contribution is -2.54. The van der Waals surface area contributed by atoms with Crippen molar-refractivity contribution in [1.82, 2.24) is 9.88 Å². The van der Waals surface area contributed by atoms with Crippen molar-refractivity contribution in [3.63, 3.8) is 0 Å². The van der Waals surface area contributed by atoms with Gasteiger partial charge in [-0.25, -0.2) is 0 Å². The number of fused-ring (bicyclic) bond motifs is 1. The number of carbonyl (C=O) groups is 2. The second kappa shape index (κ2) is 11.0. The van der Waals surface area contributed by atoms with Gasteiger partial charge in [0.25, 0.3) is 11.8 Å². The van der Waals surface area contributed by atoms with Gasteiger partial charge < -0.3 is 14.0 Å². The van der Waals surface area contributed by atoms with Gasteiger partial charge in [0.15, 0.2) is 5.11 Å². The Balaban J connectivity index is 1.37. The van der Waals surface area contributed by atoms with Gasteiger partial charge in [-0.3, -0.25) is 19.8 Å². The fourth-order valence-electron chi connectivity index (χ4n) is 4.60. The van der Waals surface area contributed by atoms with Crippen LogP contribution in [0.15, 0.2) is 113 Å². The first-order valence-electron chi connectivity index (χ1n) is 12.6. The molecule has 5 aromatic rings. The molecule has 1 saturated heterocycles. The van der Waals surface area contributed by atoms with Crippen molar-refractivity contribution in [1.29, 1.82) is 0 Å². The summed E-state index contributed by atoms with van der Waals surface area (Å²) in [5, 5.41) is 3.49. The predicted octanol–water partition coefficient (Wildman–Crippen LogP) is 7.36. The van der Waals surface area contributed by atoms with E-state index in [9.17, 15) is 9.59 Å². The van der Waals surface area contributed by atoms with E-state index in [-0.39, 0.29) is 10.7 Å². The molecule has 0 bridgehead atoms. The SMILES string of the molecule is Cn1c(Oc2ccc(Br)cc2)c(/C=C2\C(=O)NC(=S)N(c3ccc(Oc4ccccc4)cc3)C2=O)c2ccccc21. The van der Waals surface area contributed by atoms with Crippen molar-refractivity contribution in [2.75, 3.05) is 4.90 Å². The first kappa shape index (κ1) is 26.5. The number of hydrogen-bond acceptors (Lipinski definition) is 5. The van der Waals surface area contributed by atoms with Crippen LogP contribution in [0.25, 0.3) is 17.0 Å². The summed E-state index contributed by atoms with van der Waals surface area (Å²) in [7, 11) is 1.88. The largest absolute Gasteiger partial charge is 0.457 e. The summed E-state index contributed by atoms with van der Waals surface area (Å²) in [5.74, 6) is 1.27. The molecule has 202 valence electrons. The van der Waals surface area contributed by atoms with E-state index in [1.807, 2.05) is 90.5 Å². The molecule has 2 heterocycles. The molecule has 0 radical (unpaired) electrons. The van der Waals surface area contributed by atoms with Crippen LogP contribution >= 0.6 is 28.1 Å². The van der Waals surface area contributed by atoms with E-state index >= 15 is 0 Å². The second-order valence-electron chi connectivity index (χ2n) is 9.22. The Hall–Kier alpha value is -4.73. The number of nitrogens with one attached hydrogen (secondary N) is 1. The third-order valence-electron chi connectivity index (χ3n) is 6.58. The highest BCUT2D eigenvalue weighted by Crippen LogP contribution is 2.37. The molecule has 1 aliphatic rings. The number of thiocarbonyl (C=S) groups is 1. The zero-order valence-electron chi connectivity index (χ0n) is 21.7. The maximum absolute atomic E-state index is 13.8. The number of carbonyl (C=O) groups excluding carboxylic acids is 2. The number of nitrogens with zero attached hydrogens (tertiary/aromatic N) is 2. The second-order valence-corrected chi connectivity index (χ2v) is 10.5. The first-order chi connectivity index (χ1) is 19.9. The fraction of sp³-hybridized carbons (Fsp3) is 0.0312. The highest BCUT2D eigenvalue weighted by atomic mass is 79.9. The average Bonchev–Trinajstić information content (AvgIpc) is 3.24. The van der Waals surface area contributed by atoms with Crippen LogP contribution in [0.2, 0.25) is 0 Å². The van der Waals surface area contributed by atoms with Gasteiger partial charge in [0.2, 0.25) is 5.88 Å². The maximum atomic E-state index is 13.8. The topological polar surface area (TPSA) is 72.8 Å². The molecule has 7 nitrogen and oxygen atoms in total. The molecule has 0 aliphatic carbocycles. The molecule has 1 aliphatic heterocycles. The number of para-hydroxylation sites is 2. The monoisotopic (exact) mass is 623 g/mol. The smallest absolute Gasteiger partial charge is 0.270 e. The lowest BCUT2D eigenvalue weighted by Gasteiger charge is -2.29. The van der Waals surface area contributed by atoms with Gasteiger partial charge in [-0.05, 0) is 85.0 Å². The van der Waals surface area contributed by atoms with Gasteiger partial charge in [0.05, 0.1) is 11.2 Å². The zero-order chi connectivity index (χ0) is 28.5. The maximum Gasteiger partial charge on any atom is 0.270 e. The number of rotatable bonds is 6. The summed E-state index contributed by atoms with van der Waals surface area (Å²) in [4.78, 5) is 28.2. The van der Waals surface area contributed by atoms with Crippen LogP contribution < -0.4 is 19.7 Å². The molecule has 4 aromatic carbocycles. The number of benzene rings is 4. The predicted molar refractivity (Wildman–Crippen MR) is 166 cm³/mol. The highest BCUT2D eigenvalue weighted by molar-refractivity contribution is 9.10. The van der Waals surface area contributed by atoms with Gasteiger partial charge in [-0.2, -0.15) is 0 Å². The van der Waals surface area contributed by atoms with Gasteiger partial charge in [-0.1, -0.05) is 52.3 Å². The van der Waals surface area contributed by atoms with Crippen LogP contribution in [0.3, 0.4) is 0 Å². The zero-order valence-corrected chi connectivity index (χ0v) is 24.1. The molecule has 41 heavy (non-hydrogen) atoms. The van der Waals surface area contributed by atoms with Gasteiger partial charge in [0.1, 0.15) is 22.8 Å². The lowest BCUT2D eigenvalue weighted by molar-refractivity contribution is -0.122. The molecule has 1 aromatic heterocycles. The van der Waals surface area contributed by atoms with Crippen LogP contribution in [0, 0.1) is 0 Å². The average molecular weight is 625 g/mol. The third-order valence-corrected chi connectivity index (χ3v) is 7.40. The van der Waals surface area contributed by atoms with Crippen LogP contribution in [0.1, 0.15) is 5.56 Å². The third kappa shape index (κ3) is 5.25. The molecule has 9 heteroatoms. The molecular formula is C32H22BrN3O4S. The first-order valence-corrected chi connectivity index (χ1v) is 13.8. The number of halogens is 1. The number of aryl methyl sites for hydroxylation is 1. The number of hydrogen-bond donors (Lipinski definition) is 1. The van der Waals surface area contributed by atoms with Crippen LogP contribution in [0.5, 0.6) is 23.1 Å². The van der Waals surface area contributed by atoms with Crippen LogP contribution in [-0.4, -0.2) is 21.5 Å². The normalized spacial score (nSPS) is 14.4. The minimum atomic E-state index is -0.581. The Bertz CT molecular complexity index is 1830. The summed E-state index contributed by atoms with van der Waals surface area (Å²) < 4.78 is 15.0. The van der Waals surface area contributed by atoms with Crippen LogP contribution in [0.4, 0.5) is 5.69 Å². The fourth-order valence-corrected chi connectivity index (χ4v) is 5.15. The molecule has 0 spiro atoms. The van der Waals surface area contributed by atoms with E-state index in [0.29, 0.717) is 34.4 Å². The molecule has 1 N–H and O–H groups in total. The Kier molecular flexibility index (Phi) is 7.13. The van der Waals surface area contributed by atoms with Crippen molar-refractivity contribution >= 4 is 67.7 Å². The number of aromatic nitrogens is 1. The lowest BCUT2D eigenvalue weighted by atomic mass is 10.1. The van der Waals surface area contributed by atoms with E-state index < -0.39 is 11.8 Å². The molecule has 0 saturated carbocycles. The summed E-state index contributed by atoms with van der Waals surface area (Å²) in [6.07, 6.45) is 1.57. The molecular weight excluding hydrogens is 602 g/mol. The number of anilines is 1.